The van der Waals surface area contributed by atoms with E-state index in [2.05, 4.69) is 121 Å². The van der Waals surface area contributed by atoms with Crippen molar-refractivity contribution in [1.82, 2.24) is 4.48 Å². The molecule has 0 spiro atoms. The molecular weight excluding hydrogens is 554 g/mol. The van der Waals surface area contributed by atoms with E-state index >= 15 is 0 Å². The summed E-state index contributed by atoms with van der Waals surface area (Å²) in [7, 11) is -4.64. The van der Waals surface area contributed by atoms with E-state index in [0.29, 0.717) is 16.6 Å². The molecule has 0 aliphatic rings. The van der Waals surface area contributed by atoms with Crippen molar-refractivity contribution >= 4 is 39.1 Å². The molecule has 0 bridgehead atoms. The molecule has 0 atom stereocenters. The zero-order valence-corrected chi connectivity index (χ0v) is 23.1. The van der Waals surface area contributed by atoms with Gasteiger partial charge in [0.2, 0.25) is 0 Å². The fourth-order valence-electron chi connectivity index (χ4n) is 4.62. The summed E-state index contributed by atoms with van der Waals surface area (Å²) < 4.78 is 30.9. The number of hydrogen-bond donors (Lipinski definition) is 3. The van der Waals surface area contributed by atoms with Gasteiger partial charge in [0.15, 0.2) is 0 Å². The normalized spacial score (nSPS) is 11.2. The van der Waals surface area contributed by atoms with E-state index in [1.165, 1.54) is 22.6 Å². The number of quaternary nitrogens is 1. The van der Waals surface area contributed by atoms with Gasteiger partial charge in [-0.1, -0.05) is 84.9 Å². The molecule has 3 N–H and O–H groups in total. The van der Waals surface area contributed by atoms with E-state index < -0.39 is 38.1 Å². The summed E-state index contributed by atoms with van der Waals surface area (Å²) in [6.07, 6.45) is 0. The largest absolute Gasteiger partial charge is 0.478 e. The fraction of sp³-hybridized carbons (Fsp3) is 0.0303. The fourth-order valence-corrected chi connectivity index (χ4v) is 5.17. The molecule has 0 fully saturated rings. The van der Waals surface area contributed by atoms with Gasteiger partial charge in [-0.2, -0.15) is 8.42 Å². The first-order chi connectivity index (χ1) is 20.1. The third kappa shape index (κ3) is 6.97. The minimum absolute atomic E-state index is 0.535. The maximum absolute atomic E-state index is 10.8. The number of rotatable bonds is 8. The van der Waals surface area contributed by atoms with Crippen LogP contribution in [0.3, 0.4) is 0 Å². The van der Waals surface area contributed by atoms with Gasteiger partial charge in [0.1, 0.15) is 23.6 Å². The molecule has 5 rings (SSSR count). The Balaban J connectivity index is 0.000000219. The van der Waals surface area contributed by atoms with Gasteiger partial charge in [-0.25, -0.2) is 14.1 Å². The standard InChI is InChI=1S/C25H22N.C8H6O7S/c1-5-13-22(14-6-1)21-26(23-15-7-2-8-16-23,24-17-9-3-10-18-24)25-19-11-4-12-20-25;9-7(10)4-1-5(8(11)12)3-6(2-4)16(13,14)15/h1-20H,21H2;1-3H,(H,9,10)(H,11,12)(H,13,14,15)/q+1;. The third-order valence-corrected chi connectivity index (χ3v) is 7.38. The van der Waals surface area contributed by atoms with Crippen molar-refractivity contribution in [3.8, 4) is 0 Å². The second kappa shape index (κ2) is 13.0. The molecule has 0 unspecified atom stereocenters. The molecule has 5 aromatic carbocycles. The van der Waals surface area contributed by atoms with Crippen LogP contribution in [0.15, 0.2) is 144 Å². The topological polar surface area (TPSA) is 129 Å². The van der Waals surface area contributed by atoms with Crippen LogP contribution in [0.5, 0.6) is 0 Å². The number of para-hydroxylation sites is 3. The summed E-state index contributed by atoms with van der Waals surface area (Å²) in [5.41, 5.74) is 4.01. The number of hydrogen-bond acceptors (Lipinski definition) is 4. The number of carboxylic acid groups (broad SMARTS) is 2. The van der Waals surface area contributed by atoms with Crippen LogP contribution in [0.2, 0.25) is 0 Å². The molecule has 212 valence electrons. The number of nitrogens with zero attached hydrogens (tertiary/aromatic N) is 1. The molecule has 8 nitrogen and oxygen atoms in total. The third-order valence-electron chi connectivity index (χ3n) is 6.55. The first kappa shape index (κ1) is 29.9. The summed E-state index contributed by atoms with van der Waals surface area (Å²) >= 11 is 0. The molecule has 0 aliphatic carbocycles. The molecular formula is C33H28NO7S+. The minimum Gasteiger partial charge on any atom is -0.478 e. The van der Waals surface area contributed by atoms with Gasteiger partial charge in [0.25, 0.3) is 10.1 Å². The van der Waals surface area contributed by atoms with Crippen LogP contribution < -0.4 is 4.48 Å². The van der Waals surface area contributed by atoms with E-state index in [4.69, 9.17) is 14.8 Å². The summed E-state index contributed by atoms with van der Waals surface area (Å²) in [4.78, 5) is 20.4. The molecule has 0 amide bonds. The van der Waals surface area contributed by atoms with Gasteiger partial charge in [-0.15, -0.1) is 0 Å². The summed E-state index contributed by atoms with van der Waals surface area (Å²) in [5, 5.41) is 17.2. The molecule has 5 aromatic rings. The van der Waals surface area contributed by atoms with Crippen molar-refractivity contribution < 1.29 is 32.8 Å². The Labute approximate surface area is 243 Å². The van der Waals surface area contributed by atoms with E-state index in [1.807, 2.05) is 0 Å². The van der Waals surface area contributed by atoms with Gasteiger partial charge in [0, 0.05) is 5.56 Å². The van der Waals surface area contributed by atoms with Crippen molar-refractivity contribution in [2.75, 3.05) is 0 Å². The Bertz CT molecular complexity index is 1630. The molecule has 0 aliphatic heterocycles. The van der Waals surface area contributed by atoms with Crippen molar-refractivity contribution in [3.05, 3.63) is 156 Å². The van der Waals surface area contributed by atoms with E-state index in [9.17, 15) is 18.0 Å². The van der Waals surface area contributed by atoms with Crippen molar-refractivity contribution in [3.63, 3.8) is 0 Å². The SMILES string of the molecule is O=C(O)c1cc(C(=O)O)cc(S(=O)(=O)O)c1.c1ccc(C[N+](c2ccccc2)(c2ccccc2)c2ccccc2)cc1. The lowest BCUT2D eigenvalue weighted by Gasteiger charge is -2.37. The molecule has 9 heteroatoms. The Morgan fingerprint density at radius 2 is 0.881 bits per heavy atom. The maximum atomic E-state index is 10.8. The van der Waals surface area contributed by atoms with E-state index in [1.54, 1.807) is 0 Å². The minimum atomic E-state index is -4.64. The van der Waals surface area contributed by atoms with Crippen molar-refractivity contribution in [2.24, 2.45) is 0 Å². The van der Waals surface area contributed by atoms with Gasteiger partial charge in [-0.3, -0.25) is 4.55 Å². The highest BCUT2D eigenvalue weighted by Gasteiger charge is 2.36. The van der Waals surface area contributed by atoms with Crippen LogP contribution in [0.25, 0.3) is 0 Å². The number of carboxylic acids is 2. The zero-order valence-electron chi connectivity index (χ0n) is 22.3. The van der Waals surface area contributed by atoms with Crippen LogP contribution in [0, 0.1) is 0 Å². The zero-order chi connectivity index (χ0) is 30.2. The van der Waals surface area contributed by atoms with Crippen LogP contribution in [0.1, 0.15) is 26.3 Å². The second-order valence-corrected chi connectivity index (χ2v) is 10.7. The lowest BCUT2D eigenvalue weighted by atomic mass is 10.1. The Hall–Kier alpha value is -5.09. The first-order valence-corrected chi connectivity index (χ1v) is 14.2. The molecule has 42 heavy (non-hydrogen) atoms. The molecule has 0 heterocycles. The summed E-state index contributed by atoms with van der Waals surface area (Å²) in [6, 6.07) is 45.2. The predicted molar refractivity (Wildman–Crippen MR) is 161 cm³/mol. The molecule has 0 radical (unpaired) electrons. The average Bonchev–Trinajstić information content (AvgIpc) is 3.01. The van der Waals surface area contributed by atoms with E-state index in [0.717, 1.165) is 12.6 Å². The van der Waals surface area contributed by atoms with Gasteiger partial charge >= 0.3 is 11.9 Å². The van der Waals surface area contributed by atoms with E-state index in [-0.39, 0.29) is 0 Å². The van der Waals surface area contributed by atoms with Crippen molar-refractivity contribution in [1.29, 1.82) is 0 Å². The number of carbonyl (C=O) groups is 2. The lowest BCUT2D eigenvalue weighted by molar-refractivity contribution is 0.0696. The van der Waals surface area contributed by atoms with Crippen LogP contribution in [0.4, 0.5) is 17.1 Å². The van der Waals surface area contributed by atoms with Gasteiger partial charge in [0.05, 0.1) is 16.0 Å². The molecule has 0 saturated carbocycles. The smallest absolute Gasteiger partial charge is 0.335 e. The Kier molecular flexibility index (Phi) is 9.28. The second-order valence-electron chi connectivity index (χ2n) is 9.29. The monoisotopic (exact) mass is 582 g/mol. The summed E-state index contributed by atoms with van der Waals surface area (Å²) in [6.45, 7) is 0.860. The van der Waals surface area contributed by atoms with Crippen LogP contribution >= 0.6 is 0 Å². The average molecular weight is 583 g/mol. The first-order valence-electron chi connectivity index (χ1n) is 12.8. The highest BCUT2D eigenvalue weighted by molar-refractivity contribution is 7.85. The number of benzene rings is 5. The Morgan fingerprint density at radius 1 is 0.548 bits per heavy atom. The Morgan fingerprint density at radius 3 is 1.19 bits per heavy atom. The van der Waals surface area contributed by atoms with Gasteiger partial charge in [-0.05, 0) is 54.6 Å². The number of aromatic carboxylic acids is 2. The van der Waals surface area contributed by atoms with Crippen LogP contribution in [-0.4, -0.2) is 35.1 Å². The quantitative estimate of drug-likeness (QED) is 0.130. The highest BCUT2D eigenvalue weighted by atomic mass is 32.2. The van der Waals surface area contributed by atoms with Crippen molar-refractivity contribution in [2.45, 2.75) is 11.4 Å². The lowest BCUT2D eigenvalue weighted by Crippen LogP contribution is -2.38. The summed E-state index contributed by atoms with van der Waals surface area (Å²) in [5.74, 6) is -2.99. The van der Waals surface area contributed by atoms with Crippen LogP contribution in [-0.2, 0) is 16.7 Å². The highest BCUT2D eigenvalue weighted by Crippen LogP contribution is 2.45. The molecule has 0 aromatic heterocycles. The maximum Gasteiger partial charge on any atom is 0.335 e. The molecule has 0 saturated heterocycles. The predicted octanol–water partition coefficient (Wildman–Crippen LogP) is 7.19. The van der Waals surface area contributed by atoms with Gasteiger partial charge < -0.3 is 10.2 Å².